The fourth-order valence-corrected chi connectivity index (χ4v) is 1.76. The molecule has 0 aromatic heterocycles. The van der Waals surface area contributed by atoms with Gasteiger partial charge in [-0.25, -0.2) is 9.59 Å². The Morgan fingerprint density at radius 3 is 2.35 bits per heavy atom. The zero-order valence-corrected chi connectivity index (χ0v) is 12.9. The van der Waals surface area contributed by atoms with Gasteiger partial charge in [0.05, 0.1) is 5.56 Å². The number of carbonyl (C=O) groups excluding carboxylic acids is 1. The number of carboxylic acids is 1. The first kappa shape index (κ1) is 18.8. The van der Waals surface area contributed by atoms with Crippen molar-refractivity contribution in [3.63, 3.8) is 0 Å². The van der Waals surface area contributed by atoms with E-state index in [4.69, 9.17) is 9.84 Å². The third-order valence-corrected chi connectivity index (χ3v) is 2.68. The third-order valence-electron chi connectivity index (χ3n) is 2.68. The number of hydrogen-bond donors (Lipinski definition) is 2. The number of nitrogens with one attached hydrogen (secondary N) is 1. The molecule has 23 heavy (non-hydrogen) atoms. The van der Waals surface area contributed by atoms with Crippen molar-refractivity contribution in [2.24, 2.45) is 0 Å². The van der Waals surface area contributed by atoms with Gasteiger partial charge in [0.15, 0.2) is 0 Å². The Bertz CT molecular complexity index is 579. The molecule has 1 amide bonds. The van der Waals surface area contributed by atoms with Crippen molar-refractivity contribution in [2.45, 2.75) is 45.0 Å². The Morgan fingerprint density at radius 2 is 1.87 bits per heavy atom. The fourth-order valence-electron chi connectivity index (χ4n) is 1.76. The molecule has 1 atom stereocenters. The quantitative estimate of drug-likeness (QED) is 0.887. The molecule has 0 bridgehead atoms. The molecule has 5 nitrogen and oxygen atoms in total. The molecule has 0 saturated heterocycles. The molecule has 1 aromatic rings. The summed E-state index contributed by atoms with van der Waals surface area (Å²) in [6, 6.07) is 2.90. The van der Waals surface area contributed by atoms with Crippen molar-refractivity contribution in [3.8, 4) is 0 Å². The number of halogens is 3. The van der Waals surface area contributed by atoms with E-state index in [9.17, 15) is 22.8 Å². The number of rotatable bonds is 4. The highest BCUT2D eigenvalue weighted by Gasteiger charge is 2.31. The Hall–Kier alpha value is -2.25. The van der Waals surface area contributed by atoms with Crippen molar-refractivity contribution in [1.82, 2.24) is 5.32 Å². The predicted octanol–water partition coefficient (Wildman–Crippen LogP) is 3.23. The lowest BCUT2D eigenvalue weighted by Gasteiger charge is -2.22. The van der Waals surface area contributed by atoms with Gasteiger partial charge >= 0.3 is 18.2 Å². The van der Waals surface area contributed by atoms with E-state index in [-0.39, 0.29) is 12.0 Å². The minimum atomic E-state index is -4.52. The van der Waals surface area contributed by atoms with Crippen LogP contribution in [0.25, 0.3) is 0 Å². The monoisotopic (exact) mass is 333 g/mol. The summed E-state index contributed by atoms with van der Waals surface area (Å²) >= 11 is 0. The predicted molar refractivity (Wildman–Crippen MR) is 75.9 cm³/mol. The first-order valence-corrected chi connectivity index (χ1v) is 6.77. The van der Waals surface area contributed by atoms with Gasteiger partial charge in [0.2, 0.25) is 0 Å². The van der Waals surface area contributed by atoms with E-state index < -0.39 is 35.4 Å². The first-order chi connectivity index (χ1) is 10.4. The summed E-state index contributed by atoms with van der Waals surface area (Å²) in [6.07, 6.45) is -5.76. The van der Waals surface area contributed by atoms with Gasteiger partial charge in [0.1, 0.15) is 11.6 Å². The van der Waals surface area contributed by atoms with Crippen LogP contribution in [0.4, 0.5) is 18.0 Å². The van der Waals surface area contributed by atoms with Gasteiger partial charge in [-0.1, -0.05) is 18.2 Å². The zero-order chi connectivity index (χ0) is 17.8. The van der Waals surface area contributed by atoms with Gasteiger partial charge in [0.25, 0.3) is 0 Å². The first-order valence-electron chi connectivity index (χ1n) is 6.77. The van der Waals surface area contributed by atoms with Crippen LogP contribution in [0.5, 0.6) is 0 Å². The van der Waals surface area contributed by atoms with Crippen molar-refractivity contribution >= 4 is 12.1 Å². The molecule has 2 N–H and O–H groups in total. The fraction of sp³-hybridized carbons (Fsp3) is 0.467. The van der Waals surface area contributed by atoms with Crippen LogP contribution in [-0.2, 0) is 22.1 Å². The second-order valence-corrected chi connectivity index (χ2v) is 5.94. The summed E-state index contributed by atoms with van der Waals surface area (Å²) in [5.74, 6) is -1.37. The summed E-state index contributed by atoms with van der Waals surface area (Å²) < 4.78 is 42.9. The second kappa shape index (κ2) is 6.89. The number of carboxylic acid groups (broad SMARTS) is 1. The standard InChI is InChI=1S/C15H18F3NO4/c1-14(2,3)23-13(22)19-11(12(20)21)8-9-5-4-6-10(7-9)15(16,17)18/h4-7,11H,8H2,1-3H3,(H,19,22)(H,20,21). The Labute approximate surface area is 131 Å². The molecule has 128 valence electrons. The molecule has 1 unspecified atom stereocenters. The summed E-state index contributed by atoms with van der Waals surface area (Å²) in [7, 11) is 0. The molecule has 1 aromatic carbocycles. The van der Waals surface area contributed by atoms with Gasteiger partial charge in [-0.05, 0) is 32.4 Å². The lowest BCUT2D eigenvalue weighted by atomic mass is 10.0. The molecular weight excluding hydrogens is 315 g/mol. The van der Waals surface area contributed by atoms with Crippen molar-refractivity contribution in [2.75, 3.05) is 0 Å². The van der Waals surface area contributed by atoms with E-state index in [0.29, 0.717) is 0 Å². The number of ether oxygens (including phenoxy) is 1. The maximum absolute atomic E-state index is 12.7. The molecule has 1 rings (SSSR count). The van der Waals surface area contributed by atoms with Crippen LogP contribution in [0.2, 0.25) is 0 Å². The molecule has 0 saturated carbocycles. The number of carbonyl (C=O) groups is 2. The smallest absolute Gasteiger partial charge is 0.416 e. The third kappa shape index (κ3) is 6.58. The van der Waals surface area contributed by atoms with Crippen molar-refractivity contribution in [3.05, 3.63) is 35.4 Å². The minimum absolute atomic E-state index is 0.142. The number of amides is 1. The Kier molecular flexibility index (Phi) is 5.63. The lowest BCUT2D eigenvalue weighted by molar-refractivity contribution is -0.139. The molecule has 8 heteroatoms. The SMILES string of the molecule is CC(C)(C)OC(=O)NC(Cc1cccc(C(F)(F)F)c1)C(=O)O. The van der Waals surface area contributed by atoms with E-state index in [1.807, 2.05) is 0 Å². The topological polar surface area (TPSA) is 75.6 Å². The summed E-state index contributed by atoms with van der Waals surface area (Å²) in [6.45, 7) is 4.82. The van der Waals surface area contributed by atoms with Gasteiger partial charge in [-0.3, -0.25) is 0 Å². The molecule has 0 aliphatic heterocycles. The van der Waals surface area contributed by atoms with E-state index in [1.165, 1.54) is 12.1 Å². The van der Waals surface area contributed by atoms with Crippen LogP contribution < -0.4 is 5.32 Å². The van der Waals surface area contributed by atoms with Crippen LogP contribution in [0.15, 0.2) is 24.3 Å². The number of benzene rings is 1. The van der Waals surface area contributed by atoms with E-state index in [0.717, 1.165) is 12.1 Å². The van der Waals surface area contributed by atoms with Gasteiger partial charge in [-0.2, -0.15) is 13.2 Å². The van der Waals surface area contributed by atoms with E-state index >= 15 is 0 Å². The maximum Gasteiger partial charge on any atom is 0.416 e. The number of hydrogen-bond acceptors (Lipinski definition) is 3. The van der Waals surface area contributed by atoms with Crippen LogP contribution >= 0.6 is 0 Å². The molecule has 0 heterocycles. The lowest BCUT2D eigenvalue weighted by Crippen LogP contribution is -2.44. The highest BCUT2D eigenvalue weighted by Crippen LogP contribution is 2.29. The van der Waals surface area contributed by atoms with Gasteiger partial charge in [-0.15, -0.1) is 0 Å². The van der Waals surface area contributed by atoms with Crippen LogP contribution in [0.3, 0.4) is 0 Å². The Morgan fingerprint density at radius 1 is 1.26 bits per heavy atom. The highest BCUT2D eigenvalue weighted by atomic mass is 19.4. The zero-order valence-electron chi connectivity index (χ0n) is 12.9. The second-order valence-electron chi connectivity index (χ2n) is 5.94. The van der Waals surface area contributed by atoms with Gasteiger partial charge in [0, 0.05) is 6.42 Å². The maximum atomic E-state index is 12.7. The summed E-state index contributed by atoms with van der Waals surface area (Å²) in [5.41, 5.74) is -1.55. The Balaban J connectivity index is 2.85. The average molecular weight is 333 g/mol. The average Bonchev–Trinajstić information content (AvgIpc) is 2.35. The van der Waals surface area contributed by atoms with Crippen LogP contribution in [-0.4, -0.2) is 28.8 Å². The molecule has 0 aliphatic carbocycles. The number of aliphatic carboxylic acids is 1. The van der Waals surface area contributed by atoms with E-state index in [1.54, 1.807) is 20.8 Å². The van der Waals surface area contributed by atoms with Crippen molar-refractivity contribution < 1.29 is 32.6 Å². The summed E-state index contributed by atoms with van der Waals surface area (Å²) in [4.78, 5) is 22.8. The normalized spacial score (nSPS) is 13.3. The van der Waals surface area contributed by atoms with Crippen LogP contribution in [0.1, 0.15) is 31.9 Å². The highest BCUT2D eigenvalue weighted by molar-refractivity contribution is 5.80. The molecule has 0 spiro atoms. The van der Waals surface area contributed by atoms with Crippen LogP contribution in [0, 0.1) is 0 Å². The largest absolute Gasteiger partial charge is 0.480 e. The number of alkyl carbamates (subject to hydrolysis) is 1. The van der Waals surface area contributed by atoms with Crippen molar-refractivity contribution in [1.29, 1.82) is 0 Å². The molecular formula is C15H18F3NO4. The minimum Gasteiger partial charge on any atom is -0.480 e. The molecule has 0 aliphatic rings. The van der Waals surface area contributed by atoms with E-state index in [2.05, 4.69) is 5.32 Å². The molecule has 0 fully saturated rings. The molecule has 0 radical (unpaired) electrons. The van der Waals surface area contributed by atoms with Gasteiger partial charge < -0.3 is 15.2 Å². The number of alkyl halides is 3. The summed E-state index contributed by atoms with van der Waals surface area (Å²) in [5, 5.41) is 11.3.